The molecule has 3 heteroatoms. The standard InChI is InChI=1S/C15H24N2O/c1-16-15(11-13-7-3-4-9-17-13)12-6-5-8-14(10-12)18-2/h5-6,8,10,13,15-17H,3-4,7,9,11H2,1-2H3. The first-order chi connectivity index (χ1) is 8.83. The predicted octanol–water partition coefficient (Wildman–Crippen LogP) is 2.49. The fraction of sp³-hybridized carbons (Fsp3) is 0.600. The Balaban J connectivity index is 2.02. The molecular weight excluding hydrogens is 224 g/mol. The van der Waals surface area contributed by atoms with Crippen LogP contribution in [0.2, 0.25) is 0 Å². The Morgan fingerprint density at radius 1 is 1.44 bits per heavy atom. The number of hydrogen-bond acceptors (Lipinski definition) is 3. The van der Waals surface area contributed by atoms with Crippen LogP contribution in [0, 0.1) is 0 Å². The van der Waals surface area contributed by atoms with Crippen molar-refractivity contribution in [2.24, 2.45) is 0 Å². The van der Waals surface area contributed by atoms with Crippen LogP contribution in [0.15, 0.2) is 24.3 Å². The second kappa shape index (κ2) is 6.76. The van der Waals surface area contributed by atoms with Gasteiger partial charge in [0.05, 0.1) is 7.11 Å². The summed E-state index contributed by atoms with van der Waals surface area (Å²) in [5, 5.41) is 7.03. The molecule has 3 nitrogen and oxygen atoms in total. The number of hydrogen-bond donors (Lipinski definition) is 2. The molecule has 0 aliphatic carbocycles. The zero-order valence-corrected chi connectivity index (χ0v) is 11.4. The van der Waals surface area contributed by atoms with Crippen LogP contribution in [0.5, 0.6) is 5.75 Å². The van der Waals surface area contributed by atoms with Gasteiger partial charge in [0, 0.05) is 12.1 Å². The molecule has 0 aromatic heterocycles. The highest BCUT2D eigenvalue weighted by Crippen LogP contribution is 2.24. The first kappa shape index (κ1) is 13.4. The molecule has 2 N–H and O–H groups in total. The number of benzene rings is 1. The minimum Gasteiger partial charge on any atom is -0.497 e. The van der Waals surface area contributed by atoms with E-state index in [1.54, 1.807) is 7.11 Å². The Bertz CT molecular complexity index is 361. The lowest BCUT2D eigenvalue weighted by Gasteiger charge is -2.28. The minimum absolute atomic E-state index is 0.399. The van der Waals surface area contributed by atoms with Gasteiger partial charge in [-0.25, -0.2) is 0 Å². The minimum atomic E-state index is 0.399. The van der Waals surface area contributed by atoms with Crippen molar-refractivity contribution in [1.82, 2.24) is 10.6 Å². The third-order valence-electron chi connectivity index (χ3n) is 3.78. The number of piperidine rings is 1. The molecule has 0 bridgehead atoms. The fourth-order valence-electron chi connectivity index (χ4n) is 2.69. The molecule has 100 valence electrons. The number of ether oxygens (including phenoxy) is 1. The van der Waals surface area contributed by atoms with Gasteiger partial charge in [-0.15, -0.1) is 0 Å². The van der Waals surface area contributed by atoms with Gasteiger partial charge in [0.1, 0.15) is 5.75 Å². The van der Waals surface area contributed by atoms with E-state index in [1.165, 1.54) is 31.4 Å². The molecule has 1 saturated heterocycles. The van der Waals surface area contributed by atoms with Crippen molar-refractivity contribution in [1.29, 1.82) is 0 Å². The molecule has 0 amide bonds. The first-order valence-corrected chi connectivity index (χ1v) is 6.88. The molecule has 1 fully saturated rings. The second-order valence-corrected chi connectivity index (χ2v) is 5.00. The van der Waals surface area contributed by atoms with Crippen molar-refractivity contribution < 1.29 is 4.74 Å². The van der Waals surface area contributed by atoms with Gasteiger partial charge < -0.3 is 15.4 Å². The molecule has 18 heavy (non-hydrogen) atoms. The topological polar surface area (TPSA) is 33.3 Å². The highest BCUT2D eigenvalue weighted by Gasteiger charge is 2.18. The average Bonchev–Trinajstić information content (AvgIpc) is 2.46. The van der Waals surface area contributed by atoms with E-state index in [0.717, 1.165) is 12.2 Å². The maximum Gasteiger partial charge on any atom is 0.119 e. The fourth-order valence-corrected chi connectivity index (χ4v) is 2.69. The van der Waals surface area contributed by atoms with Crippen LogP contribution in [-0.2, 0) is 0 Å². The Labute approximate surface area is 110 Å². The zero-order chi connectivity index (χ0) is 12.8. The third-order valence-corrected chi connectivity index (χ3v) is 3.78. The normalized spacial score (nSPS) is 21.6. The van der Waals surface area contributed by atoms with Gasteiger partial charge in [-0.3, -0.25) is 0 Å². The Morgan fingerprint density at radius 3 is 3.00 bits per heavy atom. The van der Waals surface area contributed by atoms with Gasteiger partial charge in [0.25, 0.3) is 0 Å². The maximum absolute atomic E-state index is 5.30. The summed E-state index contributed by atoms with van der Waals surface area (Å²) in [5.74, 6) is 0.935. The Morgan fingerprint density at radius 2 is 2.33 bits per heavy atom. The van der Waals surface area contributed by atoms with Crippen LogP contribution < -0.4 is 15.4 Å². The summed E-state index contributed by atoms with van der Waals surface area (Å²) in [5.41, 5.74) is 1.31. The summed E-state index contributed by atoms with van der Waals surface area (Å²) >= 11 is 0. The molecule has 0 spiro atoms. The summed E-state index contributed by atoms with van der Waals surface area (Å²) < 4.78 is 5.30. The summed E-state index contributed by atoms with van der Waals surface area (Å²) in [4.78, 5) is 0. The van der Waals surface area contributed by atoms with Crippen LogP contribution in [0.1, 0.15) is 37.3 Å². The van der Waals surface area contributed by atoms with Crippen LogP contribution >= 0.6 is 0 Å². The molecule has 1 aromatic carbocycles. The highest BCUT2D eigenvalue weighted by molar-refractivity contribution is 5.30. The van der Waals surface area contributed by atoms with Gasteiger partial charge in [0.15, 0.2) is 0 Å². The molecule has 2 unspecified atom stereocenters. The summed E-state index contributed by atoms with van der Waals surface area (Å²) in [6.07, 6.45) is 5.11. The lowest BCUT2D eigenvalue weighted by molar-refractivity contribution is 0.346. The molecular formula is C15H24N2O. The molecule has 2 atom stereocenters. The SMILES string of the molecule is CNC(CC1CCCCN1)c1cccc(OC)c1. The summed E-state index contributed by atoms with van der Waals surface area (Å²) in [7, 11) is 3.75. The maximum atomic E-state index is 5.30. The molecule has 1 aromatic rings. The van der Waals surface area contributed by atoms with Crippen LogP contribution in [-0.4, -0.2) is 26.7 Å². The highest BCUT2D eigenvalue weighted by atomic mass is 16.5. The van der Waals surface area contributed by atoms with Gasteiger partial charge in [0.2, 0.25) is 0 Å². The van der Waals surface area contributed by atoms with Crippen molar-refractivity contribution in [2.45, 2.75) is 37.8 Å². The van der Waals surface area contributed by atoms with Crippen LogP contribution in [0.3, 0.4) is 0 Å². The smallest absolute Gasteiger partial charge is 0.119 e. The number of methoxy groups -OCH3 is 1. The van der Waals surface area contributed by atoms with E-state index in [4.69, 9.17) is 4.74 Å². The third kappa shape index (κ3) is 3.47. The van der Waals surface area contributed by atoms with Crippen LogP contribution in [0.4, 0.5) is 0 Å². The zero-order valence-electron chi connectivity index (χ0n) is 11.4. The van der Waals surface area contributed by atoms with E-state index < -0.39 is 0 Å². The molecule has 1 heterocycles. The largest absolute Gasteiger partial charge is 0.497 e. The van der Waals surface area contributed by atoms with Crippen LogP contribution in [0.25, 0.3) is 0 Å². The monoisotopic (exact) mass is 248 g/mol. The molecule has 1 aliphatic heterocycles. The number of nitrogens with one attached hydrogen (secondary N) is 2. The summed E-state index contributed by atoms with van der Waals surface area (Å²) in [6, 6.07) is 9.40. The van der Waals surface area contributed by atoms with Crippen molar-refractivity contribution in [2.75, 3.05) is 20.7 Å². The number of rotatable bonds is 5. The van der Waals surface area contributed by atoms with E-state index in [0.29, 0.717) is 12.1 Å². The van der Waals surface area contributed by atoms with E-state index in [9.17, 15) is 0 Å². The molecule has 0 saturated carbocycles. The second-order valence-electron chi connectivity index (χ2n) is 5.00. The van der Waals surface area contributed by atoms with E-state index in [1.807, 2.05) is 13.1 Å². The van der Waals surface area contributed by atoms with Crippen molar-refractivity contribution >= 4 is 0 Å². The molecule has 2 rings (SSSR count). The van der Waals surface area contributed by atoms with E-state index in [-0.39, 0.29) is 0 Å². The van der Waals surface area contributed by atoms with Crippen molar-refractivity contribution in [3.63, 3.8) is 0 Å². The van der Waals surface area contributed by atoms with Gasteiger partial charge in [-0.2, -0.15) is 0 Å². The van der Waals surface area contributed by atoms with Gasteiger partial charge in [-0.05, 0) is 50.6 Å². The first-order valence-electron chi connectivity index (χ1n) is 6.88. The lowest BCUT2D eigenvalue weighted by atomic mass is 9.94. The average molecular weight is 248 g/mol. The van der Waals surface area contributed by atoms with E-state index >= 15 is 0 Å². The predicted molar refractivity (Wildman–Crippen MR) is 75.1 cm³/mol. The lowest BCUT2D eigenvalue weighted by Crippen LogP contribution is -2.37. The van der Waals surface area contributed by atoms with Gasteiger partial charge in [-0.1, -0.05) is 18.6 Å². The Kier molecular flexibility index (Phi) is 5.02. The molecule has 0 radical (unpaired) electrons. The quantitative estimate of drug-likeness (QED) is 0.840. The summed E-state index contributed by atoms with van der Waals surface area (Å²) in [6.45, 7) is 1.17. The Hall–Kier alpha value is -1.06. The molecule has 1 aliphatic rings. The van der Waals surface area contributed by atoms with Crippen molar-refractivity contribution in [3.05, 3.63) is 29.8 Å². The van der Waals surface area contributed by atoms with E-state index in [2.05, 4.69) is 28.8 Å². The van der Waals surface area contributed by atoms with Crippen molar-refractivity contribution in [3.8, 4) is 5.75 Å². The van der Waals surface area contributed by atoms with Gasteiger partial charge >= 0.3 is 0 Å².